The van der Waals surface area contributed by atoms with Crippen molar-refractivity contribution >= 4 is 34.9 Å². The average Bonchev–Trinajstić information content (AvgIpc) is 2.71. The predicted octanol–water partition coefficient (Wildman–Crippen LogP) is 3.88. The Morgan fingerprint density at radius 1 is 1.16 bits per heavy atom. The van der Waals surface area contributed by atoms with Crippen LogP contribution in [-0.4, -0.2) is 31.9 Å². The van der Waals surface area contributed by atoms with Crippen molar-refractivity contribution in [2.45, 2.75) is 44.6 Å². The number of carboxylic acids is 2. The number of aryl methyl sites for hydroxylation is 1. The van der Waals surface area contributed by atoms with Gasteiger partial charge in [-0.25, -0.2) is 9.48 Å². The first kappa shape index (κ1) is 21.0. The zero-order valence-corrected chi connectivity index (χ0v) is 18.3. The number of hydrogen-bond acceptors (Lipinski definition) is 5. The second-order valence-corrected chi connectivity index (χ2v) is 9.95. The molecule has 4 aliphatic rings. The molecule has 4 aliphatic carbocycles. The first-order valence-electron chi connectivity index (χ1n) is 10.8. The van der Waals surface area contributed by atoms with Crippen LogP contribution >= 0.6 is 11.6 Å². The lowest BCUT2D eigenvalue weighted by Gasteiger charge is -2.59. The fourth-order valence-electron chi connectivity index (χ4n) is 6.61. The number of aromatic carboxylic acids is 1. The van der Waals surface area contributed by atoms with Gasteiger partial charge in [0.1, 0.15) is 5.02 Å². The van der Waals surface area contributed by atoms with Crippen LogP contribution < -0.4 is 10.9 Å². The molecule has 9 heteroatoms. The summed E-state index contributed by atoms with van der Waals surface area (Å²) in [5.41, 5.74) is 0.283. The van der Waals surface area contributed by atoms with Crippen molar-refractivity contribution in [1.29, 1.82) is 0 Å². The lowest BCUT2D eigenvalue weighted by Crippen LogP contribution is -2.63. The molecule has 4 bridgehead atoms. The fraction of sp³-hybridized carbons (Fsp3) is 0.478. The number of aliphatic carboxylic acids is 1. The Kier molecular flexibility index (Phi) is 4.81. The molecule has 0 radical (unpaired) electrons. The van der Waals surface area contributed by atoms with E-state index in [0.29, 0.717) is 30.4 Å². The summed E-state index contributed by atoms with van der Waals surface area (Å²) in [4.78, 5) is 36.9. The molecule has 3 N–H and O–H groups in total. The molecule has 2 aromatic rings. The number of nitrogens with zero attached hydrogens (tertiary/aromatic N) is 2. The van der Waals surface area contributed by atoms with Crippen LogP contribution in [0.1, 0.15) is 48.0 Å². The van der Waals surface area contributed by atoms with E-state index in [-0.39, 0.29) is 22.2 Å². The van der Waals surface area contributed by atoms with Crippen LogP contribution in [0.25, 0.3) is 0 Å². The highest BCUT2D eigenvalue weighted by atomic mass is 35.5. The summed E-state index contributed by atoms with van der Waals surface area (Å²) in [7, 11) is 0. The van der Waals surface area contributed by atoms with Gasteiger partial charge in [-0.1, -0.05) is 17.7 Å². The number of rotatable bonds is 5. The van der Waals surface area contributed by atoms with Gasteiger partial charge >= 0.3 is 11.9 Å². The number of benzene rings is 1. The number of halogens is 1. The molecule has 1 heterocycles. The zero-order valence-electron chi connectivity index (χ0n) is 17.5. The van der Waals surface area contributed by atoms with E-state index in [0.717, 1.165) is 24.8 Å². The predicted molar refractivity (Wildman–Crippen MR) is 118 cm³/mol. The minimum atomic E-state index is -1.06. The van der Waals surface area contributed by atoms with Crippen molar-refractivity contribution in [3.8, 4) is 0 Å². The van der Waals surface area contributed by atoms with Crippen molar-refractivity contribution in [3.63, 3.8) is 0 Å². The summed E-state index contributed by atoms with van der Waals surface area (Å²) in [5.74, 6) is -1.70. The van der Waals surface area contributed by atoms with Gasteiger partial charge in [-0.05, 0) is 74.5 Å². The van der Waals surface area contributed by atoms with Gasteiger partial charge in [-0.3, -0.25) is 9.59 Å². The van der Waals surface area contributed by atoms with Crippen molar-refractivity contribution < 1.29 is 19.8 Å². The van der Waals surface area contributed by atoms with Gasteiger partial charge in [-0.15, -0.1) is 0 Å². The third-order valence-electron chi connectivity index (χ3n) is 7.63. The fourth-order valence-corrected chi connectivity index (χ4v) is 6.78. The Hall–Kier alpha value is -2.87. The minimum absolute atomic E-state index is 0.0606. The largest absolute Gasteiger partial charge is 0.481 e. The number of anilines is 2. The Labute approximate surface area is 189 Å². The topological polar surface area (TPSA) is 122 Å². The van der Waals surface area contributed by atoms with Crippen molar-refractivity contribution in [3.05, 3.63) is 50.9 Å². The van der Waals surface area contributed by atoms with Gasteiger partial charge in [0.25, 0.3) is 5.56 Å². The van der Waals surface area contributed by atoms with E-state index >= 15 is 0 Å². The zero-order chi connectivity index (χ0) is 22.8. The molecule has 0 spiro atoms. The molecule has 1 aromatic carbocycles. The second kappa shape index (κ2) is 7.33. The van der Waals surface area contributed by atoms with Gasteiger partial charge in [0, 0.05) is 5.69 Å². The summed E-state index contributed by atoms with van der Waals surface area (Å²) < 4.78 is 1.34. The van der Waals surface area contributed by atoms with Crippen LogP contribution in [-0.2, 0) is 10.3 Å². The minimum Gasteiger partial charge on any atom is -0.481 e. The Morgan fingerprint density at radius 2 is 1.84 bits per heavy atom. The molecule has 0 saturated heterocycles. The molecule has 0 unspecified atom stereocenters. The number of aromatic nitrogens is 2. The summed E-state index contributed by atoms with van der Waals surface area (Å²) in [6, 6.07) is 4.64. The summed E-state index contributed by atoms with van der Waals surface area (Å²) in [6.07, 6.45) is 5.59. The van der Waals surface area contributed by atoms with Crippen molar-refractivity contribution in [1.82, 2.24) is 9.78 Å². The van der Waals surface area contributed by atoms with Gasteiger partial charge in [0.15, 0.2) is 0 Å². The van der Waals surface area contributed by atoms with Gasteiger partial charge in [0.2, 0.25) is 0 Å². The number of carbonyl (C=O) groups is 2. The normalized spacial score (nSPS) is 30.3. The van der Waals surface area contributed by atoms with Crippen molar-refractivity contribution in [2.24, 2.45) is 23.7 Å². The van der Waals surface area contributed by atoms with E-state index in [1.54, 1.807) is 6.07 Å². The van der Waals surface area contributed by atoms with Crippen LogP contribution in [0.2, 0.25) is 5.02 Å². The second-order valence-electron chi connectivity index (χ2n) is 9.58. The van der Waals surface area contributed by atoms with E-state index in [9.17, 15) is 24.6 Å². The molecule has 1 aromatic heterocycles. The number of carboxylic acid groups (broad SMARTS) is 2. The SMILES string of the molecule is Cc1ccc(C(=O)O)cc1Nc1cnn(C23C[C@H]4CC(C[C@@H](C4)C2)[C@@H]3C(=O)O)c(=O)c1Cl. The maximum atomic E-state index is 13.4. The summed E-state index contributed by atoms with van der Waals surface area (Å²) in [5, 5.41) is 26.7. The van der Waals surface area contributed by atoms with Gasteiger partial charge in [-0.2, -0.15) is 5.10 Å². The lowest BCUT2D eigenvalue weighted by atomic mass is 9.48. The molecule has 0 aliphatic heterocycles. The summed E-state index contributed by atoms with van der Waals surface area (Å²) in [6.45, 7) is 1.81. The van der Waals surface area contributed by atoms with E-state index in [2.05, 4.69) is 10.4 Å². The Morgan fingerprint density at radius 3 is 2.47 bits per heavy atom. The van der Waals surface area contributed by atoms with Crippen LogP contribution in [0.15, 0.2) is 29.2 Å². The molecular formula is C23H24ClN3O5. The summed E-state index contributed by atoms with van der Waals surface area (Å²) >= 11 is 6.47. The Bertz CT molecular complexity index is 1180. The average molecular weight is 458 g/mol. The van der Waals surface area contributed by atoms with E-state index < -0.39 is 29.0 Å². The third-order valence-corrected chi connectivity index (χ3v) is 8.00. The van der Waals surface area contributed by atoms with Crippen LogP contribution in [0.4, 0.5) is 11.4 Å². The quantitative estimate of drug-likeness (QED) is 0.622. The highest BCUT2D eigenvalue weighted by molar-refractivity contribution is 6.33. The molecule has 4 fully saturated rings. The molecular weight excluding hydrogens is 434 g/mol. The van der Waals surface area contributed by atoms with Crippen LogP contribution in [0.5, 0.6) is 0 Å². The third kappa shape index (κ3) is 3.11. The van der Waals surface area contributed by atoms with E-state index in [1.807, 2.05) is 6.92 Å². The first-order valence-corrected chi connectivity index (χ1v) is 11.2. The monoisotopic (exact) mass is 457 g/mol. The van der Waals surface area contributed by atoms with Gasteiger partial charge in [0.05, 0.1) is 28.9 Å². The molecule has 6 rings (SSSR count). The smallest absolute Gasteiger partial charge is 0.335 e. The molecule has 8 nitrogen and oxygen atoms in total. The van der Waals surface area contributed by atoms with E-state index in [4.69, 9.17) is 11.6 Å². The number of nitrogens with one attached hydrogen (secondary N) is 1. The van der Waals surface area contributed by atoms with Crippen molar-refractivity contribution in [2.75, 3.05) is 5.32 Å². The van der Waals surface area contributed by atoms with E-state index in [1.165, 1.54) is 23.0 Å². The molecule has 168 valence electrons. The van der Waals surface area contributed by atoms with Crippen LogP contribution in [0.3, 0.4) is 0 Å². The molecule has 0 amide bonds. The first-order chi connectivity index (χ1) is 15.2. The maximum absolute atomic E-state index is 13.4. The lowest BCUT2D eigenvalue weighted by molar-refractivity contribution is -0.168. The number of hydrogen-bond donors (Lipinski definition) is 3. The Balaban J connectivity index is 1.55. The highest BCUT2D eigenvalue weighted by Crippen LogP contribution is 2.61. The maximum Gasteiger partial charge on any atom is 0.335 e. The standard InChI is InChI=1S/C23H24ClN3O5/c1-11-2-3-14(21(29)30)7-16(11)26-17-10-25-27(20(28)19(17)24)23-8-12-4-13(9-23)6-15(5-12)18(23)22(31)32/h2-3,7,10,12-13,15,18,26H,4-6,8-9H2,1H3,(H,29,30)(H,31,32)/t12-,13-,15?,18-,23?/m1/s1. The molecule has 32 heavy (non-hydrogen) atoms. The molecule has 3 atom stereocenters. The van der Waals surface area contributed by atoms with Gasteiger partial charge < -0.3 is 15.5 Å². The molecule has 4 saturated carbocycles. The highest BCUT2D eigenvalue weighted by Gasteiger charge is 2.61. The van der Waals surface area contributed by atoms with Crippen LogP contribution in [0, 0.1) is 30.6 Å².